The summed E-state index contributed by atoms with van der Waals surface area (Å²) in [6.07, 6.45) is 1.78. The molecule has 4 heteroatoms. The fourth-order valence-electron chi connectivity index (χ4n) is 4.72. The summed E-state index contributed by atoms with van der Waals surface area (Å²) in [5.41, 5.74) is 9.98. The molecule has 3 nitrogen and oxygen atoms in total. The number of nitriles is 1. The number of rotatable bonds is 2. The fraction of sp³-hybridized carbons (Fsp3) is 0.0882. The van der Waals surface area contributed by atoms with Crippen LogP contribution in [-0.2, 0) is 0 Å². The van der Waals surface area contributed by atoms with E-state index in [0.717, 1.165) is 22.4 Å². The van der Waals surface area contributed by atoms with E-state index in [1.54, 1.807) is 6.20 Å². The maximum absolute atomic E-state index is 8.83. The van der Waals surface area contributed by atoms with E-state index in [4.69, 9.17) is 5.26 Å². The Balaban J connectivity index is 0.000000174. The third-order valence-corrected chi connectivity index (χ3v) is 6.76. The van der Waals surface area contributed by atoms with Crippen molar-refractivity contribution in [2.24, 2.45) is 0 Å². The van der Waals surface area contributed by atoms with E-state index in [-0.39, 0.29) is 37.3 Å². The summed E-state index contributed by atoms with van der Waals surface area (Å²) < 4.78 is 2.34. The van der Waals surface area contributed by atoms with Crippen molar-refractivity contribution in [1.82, 2.24) is 4.98 Å². The van der Waals surface area contributed by atoms with E-state index < -0.39 is 0 Å². The summed E-state index contributed by atoms with van der Waals surface area (Å²) in [6, 6.07) is 41.1. The van der Waals surface area contributed by atoms with Crippen LogP contribution in [-0.4, -0.2) is 4.98 Å². The predicted molar refractivity (Wildman–Crippen MR) is 148 cm³/mol. The number of aryl methyl sites for hydroxylation is 1. The fourth-order valence-corrected chi connectivity index (χ4v) is 4.72. The molecule has 0 atom stereocenters. The Hall–Kier alpha value is -3.56. The van der Waals surface area contributed by atoms with Gasteiger partial charge in [0.2, 0.25) is 0 Å². The van der Waals surface area contributed by atoms with Crippen molar-refractivity contribution >= 4 is 0 Å². The summed E-state index contributed by atoms with van der Waals surface area (Å²) in [6.45, 7) is 6.56. The molecule has 1 radical (unpaired) electrons. The molecule has 0 bridgehead atoms. The summed E-state index contributed by atoms with van der Waals surface area (Å²) in [5.74, 6) is 1.37. The van der Waals surface area contributed by atoms with Crippen LogP contribution in [0.5, 0.6) is 0 Å². The maximum Gasteiger partial charge on any atom is 3.00 e. The Morgan fingerprint density at radius 1 is 0.842 bits per heavy atom. The largest absolute Gasteiger partial charge is 3.00 e. The normalized spacial score (nSPS) is 11.2. The van der Waals surface area contributed by atoms with E-state index in [1.165, 1.54) is 34.5 Å². The van der Waals surface area contributed by atoms with Crippen LogP contribution in [0.15, 0.2) is 109 Å². The molecule has 0 spiro atoms. The Labute approximate surface area is 255 Å². The molecule has 0 fully saturated rings. The van der Waals surface area contributed by atoms with Gasteiger partial charge in [0.1, 0.15) is 0 Å². The second-order valence-corrected chi connectivity index (χ2v) is 9.04. The van der Waals surface area contributed by atoms with Crippen LogP contribution in [0.2, 0.25) is 0 Å². The van der Waals surface area contributed by atoms with Gasteiger partial charge in [-0.2, -0.15) is 16.9 Å². The van der Waals surface area contributed by atoms with E-state index in [0.29, 0.717) is 5.56 Å². The van der Waals surface area contributed by atoms with Gasteiger partial charge >= 0.3 is 37.3 Å². The molecule has 0 saturated carbocycles. The minimum absolute atomic E-state index is 0. The van der Waals surface area contributed by atoms with Crippen LogP contribution < -0.4 is 4.57 Å². The Morgan fingerprint density at radius 2 is 1.61 bits per heavy atom. The van der Waals surface area contributed by atoms with Crippen molar-refractivity contribution < 1.29 is 41.9 Å². The number of aromatic nitrogens is 2. The van der Waals surface area contributed by atoms with Crippen LogP contribution >= 0.6 is 0 Å². The van der Waals surface area contributed by atoms with Gasteiger partial charge in [-0.3, -0.25) is 0 Å². The Morgan fingerprint density at radius 3 is 2.34 bits per heavy atom. The molecule has 0 unspecified atom stereocenters. The van der Waals surface area contributed by atoms with Gasteiger partial charge in [0.25, 0.3) is 0 Å². The van der Waals surface area contributed by atoms with Crippen molar-refractivity contribution in [1.29, 1.82) is 5.26 Å². The van der Waals surface area contributed by atoms with Gasteiger partial charge in [-0.15, -0.1) is 59.0 Å². The number of nitrogens with zero attached hydrogens (tertiary/aromatic N) is 3. The van der Waals surface area contributed by atoms with Gasteiger partial charge in [-0.05, 0) is 43.3 Å². The van der Waals surface area contributed by atoms with Crippen LogP contribution in [0.4, 0.5) is 0 Å². The van der Waals surface area contributed by atoms with E-state index >= 15 is 0 Å². The predicted octanol–water partition coefficient (Wildman–Crippen LogP) is 7.39. The number of hydrogen-bond donors (Lipinski definition) is 0. The number of benzene rings is 3. The first-order chi connectivity index (χ1) is 18.1. The minimum Gasteiger partial charge on any atom is -0.343 e. The maximum atomic E-state index is 8.83. The molecule has 1 aliphatic heterocycles. The van der Waals surface area contributed by atoms with Crippen molar-refractivity contribution in [2.45, 2.75) is 20.8 Å². The Bertz CT molecular complexity index is 1570. The first-order valence-corrected chi connectivity index (χ1v) is 12.3. The van der Waals surface area contributed by atoms with E-state index in [9.17, 15) is 0 Å². The molecule has 0 N–H and O–H groups in total. The molecular weight excluding hydrogens is 618 g/mol. The van der Waals surface area contributed by atoms with Gasteiger partial charge in [0.15, 0.2) is 0 Å². The second-order valence-electron chi connectivity index (χ2n) is 9.04. The first-order valence-electron chi connectivity index (χ1n) is 12.3. The van der Waals surface area contributed by atoms with Gasteiger partial charge in [0.05, 0.1) is 23.0 Å². The first kappa shape index (κ1) is 27.5. The molecule has 1 aliphatic rings. The second kappa shape index (κ2) is 12.3. The summed E-state index contributed by atoms with van der Waals surface area (Å²) in [7, 11) is 0. The molecule has 5 aromatic rings. The molecule has 0 saturated heterocycles. The van der Waals surface area contributed by atoms with Gasteiger partial charge in [0, 0.05) is 12.2 Å². The van der Waals surface area contributed by atoms with Crippen LogP contribution in [0.25, 0.3) is 33.6 Å². The summed E-state index contributed by atoms with van der Waals surface area (Å²) in [5, 5.41) is 8.83. The van der Waals surface area contributed by atoms with Gasteiger partial charge in [-0.25, -0.2) is 0 Å². The van der Waals surface area contributed by atoms with Gasteiger partial charge < -0.3 is 9.55 Å². The standard InChI is InChI=1S/C18H11N2.C16H16N.Er/c19-13-14-7-9-15(10-8-14)16-4-3-5-17(12-16)18-6-1-2-11-20-18;1-11-7-6-10-16-15-9-5-4-8-14(15)12(2)13(3)17(11)16;/h1-4,6-12H;4-10H,1-3H3;/q2*-1;+3. The minimum atomic E-state index is 0. The van der Waals surface area contributed by atoms with Crippen molar-refractivity contribution in [2.75, 3.05) is 0 Å². The molecule has 0 amide bonds. The zero-order valence-corrected chi connectivity index (χ0v) is 23.4. The van der Waals surface area contributed by atoms with Crippen LogP contribution in [0, 0.1) is 73.6 Å². The summed E-state index contributed by atoms with van der Waals surface area (Å²) >= 11 is 0. The molecule has 3 heterocycles. The zero-order valence-electron chi connectivity index (χ0n) is 21.5. The third-order valence-electron chi connectivity index (χ3n) is 6.76. The average molecular weight is 645 g/mol. The number of hydrogen-bond acceptors (Lipinski definition) is 2. The number of fused-ring (bicyclic) bond motifs is 3. The molecule has 3 aromatic carbocycles. The van der Waals surface area contributed by atoms with Crippen LogP contribution in [0.3, 0.4) is 0 Å². The zero-order chi connectivity index (χ0) is 25.8. The van der Waals surface area contributed by atoms with Crippen molar-refractivity contribution in [3.63, 3.8) is 0 Å². The molecule has 38 heavy (non-hydrogen) atoms. The van der Waals surface area contributed by atoms with E-state index in [2.05, 4.69) is 91.0 Å². The van der Waals surface area contributed by atoms with E-state index in [1.807, 2.05) is 54.6 Å². The SMILES string of the molecule is Cc1cccc2[n+]1[C-](C)[C-](C)c1ccccc1-2.N#Cc1ccc(-c2cc[c-]c(-c3ccccn3)c2)cc1.[Er+3]. The number of pyridine rings is 2. The van der Waals surface area contributed by atoms with Crippen LogP contribution in [0.1, 0.15) is 30.7 Å². The smallest absolute Gasteiger partial charge is 0.343 e. The topological polar surface area (TPSA) is 40.6 Å². The van der Waals surface area contributed by atoms with Crippen molar-refractivity contribution in [3.05, 3.63) is 144 Å². The molecular formula is C34H27ErN3+. The average Bonchev–Trinajstić information content (AvgIpc) is 2.97. The quantitative estimate of drug-likeness (QED) is 0.149. The third kappa shape index (κ3) is 5.63. The monoisotopic (exact) mass is 643 g/mol. The molecule has 189 valence electrons. The molecule has 2 aromatic heterocycles. The molecule has 0 aliphatic carbocycles. The van der Waals surface area contributed by atoms with Gasteiger partial charge in [-0.1, -0.05) is 55.5 Å². The summed E-state index contributed by atoms with van der Waals surface area (Å²) in [4.78, 5) is 4.34. The molecule has 6 rings (SSSR count). The Kier molecular flexibility index (Phi) is 8.91. The van der Waals surface area contributed by atoms with Crippen molar-refractivity contribution in [3.8, 4) is 39.7 Å².